The average molecular weight is 462 g/mol. The van der Waals surface area contributed by atoms with Crippen molar-refractivity contribution in [3.8, 4) is 17.2 Å². The molecule has 0 spiro atoms. The van der Waals surface area contributed by atoms with Crippen LogP contribution < -0.4 is 5.73 Å². The molecule has 0 atom stereocenters. The monoisotopic (exact) mass is 461 g/mol. The first-order chi connectivity index (χ1) is 15.8. The number of halogens is 1. The molecule has 1 fully saturated rings. The average Bonchev–Trinajstić information content (AvgIpc) is 3.39. The van der Waals surface area contributed by atoms with Crippen LogP contribution >= 0.6 is 11.8 Å². The molecule has 0 radical (unpaired) electrons. The first-order valence-electron chi connectivity index (χ1n) is 10.9. The van der Waals surface area contributed by atoms with Crippen LogP contribution in [0.5, 0.6) is 0 Å². The van der Waals surface area contributed by atoms with Gasteiger partial charge in [0.05, 0.1) is 35.7 Å². The molecule has 0 amide bonds. The van der Waals surface area contributed by atoms with Crippen LogP contribution in [0.2, 0.25) is 0 Å². The molecule has 5 rings (SSSR count). The minimum absolute atomic E-state index is 0.0928. The summed E-state index contributed by atoms with van der Waals surface area (Å²) in [5.41, 5.74) is 10.5. The lowest BCUT2D eigenvalue weighted by Gasteiger charge is -2.34. The Morgan fingerprint density at radius 1 is 1.21 bits per heavy atom. The van der Waals surface area contributed by atoms with Gasteiger partial charge in [0.25, 0.3) is 0 Å². The van der Waals surface area contributed by atoms with Crippen molar-refractivity contribution in [2.45, 2.75) is 61.0 Å². The van der Waals surface area contributed by atoms with Crippen LogP contribution in [0.4, 0.5) is 4.39 Å². The molecule has 33 heavy (non-hydrogen) atoms. The molecule has 1 saturated carbocycles. The van der Waals surface area contributed by atoms with E-state index in [0.29, 0.717) is 22.1 Å². The summed E-state index contributed by atoms with van der Waals surface area (Å²) in [7, 11) is 0. The van der Waals surface area contributed by atoms with Crippen LogP contribution in [-0.4, -0.2) is 29.9 Å². The second kappa shape index (κ2) is 8.28. The van der Waals surface area contributed by atoms with Crippen LogP contribution in [0.3, 0.4) is 0 Å². The Morgan fingerprint density at radius 3 is 2.70 bits per heavy atom. The zero-order valence-corrected chi connectivity index (χ0v) is 19.3. The van der Waals surface area contributed by atoms with Crippen molar-refractivity contribution in [2.75, 3.05) is 0 Å². The van der Waals surface area contributed by atoms with Crippen molar-refractivity contribution in [3.63, 3.8) is 0 Å². The van der Waals surface area contributed by atoms with Crippen molar-refractivity contribution in [3.05, 3.63) is 60.1 Å². The van der Waals surface area contributed by atoms with Crippen molar-refractivity contribution in [1.29, 1.82) is 5.26 Å². The molecule has 4 heterocycles. The van der Waals surface area contributed by atoms with Crippen LogP contribution in [0.1, 0.15) is 49.9 Å². The molecule has 0 saturated heterocycles. The van der Waals surface area contributed by atoms with Gasteiger partial charge in [0.15, 0.2) is 0 Å². The number of fused-ring (bicyclic) bond motifs is 1. The fourth-order valence-electron chi connectivity index (χ4n) is 4.51. The Morgan fingerprint density at radius 2 is 2.00 bits per heavy atom. The Hall–Kier alpha value is -3.22. The number of aromatic nitrogens is 5. The number of hydrogen-bond acceptors (Lipinski definition) is 6. The third kappa shape index (κ3) is 4.12. The second-order valence-corrected chi connectivity index (χ2v) is 10.0. The molecule has 9 heteroatoms. The van der Waals surface area contributed by atoms with Crippen molar-refractivity contribution in [2.24, 2.45) is 5.73 Å². The molecule has 2 N–H and O–H groups in total. The highest BCUT2D eigenvalue weighted by molar-refractivity contribution is 7.99. The summed E-state index contributed by atoms with van der Waals surface area (Å²) in [6.07, 6.45) is 10.5. The number of hydrogen-bond donors (Lipinski definition) is 1. The van der Waals surface area contributed by atoms with Crippen LogP contribution in [-0.2, 0) is 0 Å². The van der Waals surface area contributed by atoms with Gasteiger partial charge in [0.1, 0.15) is 16.9 Å². The molecule has 4 aromatic heterocycles. The van der Waals surface area contributed by atoms with Crippen LogP contribution in [0.15, 0.2) is 52.9 Å². The highest BCUT2D eigenvalue weighted by atomic mass is 32.2. The van der Waals surface area contributed by atoms with E-state index in [1.54, 1.807) is 16.8 Å². The molecule has 0 aliphatic heterocycles. The molecule has 0 unspecified atom stereocenters. The van der Waals surface area contributed by atoms with Crippen molar-refractivity contribution < 1.29 is 4.39 Å². The lowest BCUT2D eigenvalue weighted by molar-refractivity contribution is 0.238. The summed E-state index contributed by atoms with van der Waals surface area (Å²) < 4.78 is 17.2. The fourth-order valence-corrected chi connectivity index (χ4v) is 5.46. The lowest BCUT2D eigenvalue weighted by Crippen LogP contribution is -2.40. The Bertz CT molecular complexity index is 1350. The molecule has 0 bridgehead atoms. The molecule has 168 valence electrons. The first-order valence-corrected chi connectivity index (χ1v) is 11.7. The van der Waals surface area contributed by atoms with Gasteiger partial charge in [-0.3, -0.25) is 4.68 Å². The van der Waals surface area contributed by atoms with Crippen molar-refractivity contribution >= 4 is 17.3 Å². The Labute approximate surface area is 195 Å². The molecule has 4 aromatic rings. The molecule has 7 nitrogen and oxygen atoms in total. The second-order valence-electron chi connectivity index (χ2n) is 8.95. The van der Waals surface area contributed by atoms with Gasteiger partial charge in [0.2, 0.25) is 0 Å². The van der Waals surface area contributed by atoms with E-state index in [9.17, 15) is 9.65 Å². The van der Waals surface area contributed by atoms with E-state index in [1.807, 2.05) is 18.5 Å². The van der Waals surface area contributed by atoms with Gasteiger partial charge < -0.3 is 5.73 Å². The van der Waals surface area contributed by atoms with E-state index < -0.39 is 0 Å². The number of nitriles is 1. The predicted octanol–water partition coefficient (Wildman–Crippen LogP) is 4.90. The predicted molar refractivity (Wildman–Crippen MR) is 124 cm³/mol. The summed E-state index contributed by atoms with van der Waals surface area (Å²) in [5.74, 6) is -0.388. The Kier molecular flexibility index (Phi) is 5.43. The summed E-state index contributed by atoms with van der Waals surface area (Å²) in [5, 5.41) is 19.3. The third-order valence-corrected chi connectivity index (χ3v) is 7.39. The minimum Gasteiger partial charge on any atom is -0.325 e. The maximum Gasteiger partial charge on any atom is 0.141 e. The van der Waals surface area contributed by atoms with E-state index in [2.05, 4.69) is 34.7 Å². The van der Waals surface area contributed by atoms with Gasteiger partial charge in [-0.2, -0.15) is 15.5 Å². The van der Waals surface area contributed by atoms with E-state index in [4.69, 9.17) is 10.8 Å². The summed E-state index contributed by atoms with van der Waals surface area (Å²) in [4.78, 5) is 4.99. The molecule has 1 aliphatic carbocycles. The summed E-state index contributed by atoms with van der Waals surface area (Å²) in [6, 6.07) is 7.58. The highest BCUT2D eigenvalue weighted by Crippen LogP contribution is 2.38. The minimum atomic E-state index is -0.388. The molecule has 1 aliphatic rings. The van der Waals surface area contributed by atoms with E-state index >= 15 is 0 Å². The van der Waals surface area contributed by atoms with E-state index in [1.165, 1.54) is 24.0 Å². The van der Waals surface area contributed by atoms with Gasteiger partial charge in [-0.1, -0.05) is 11.8 Å². The topological polar surface area (TPSA) is 97.8 Å². The van der Waals surface area contributed by atoms with Crippen LogP contribution in [0, 0.1) is 24.1 Å². The molecular formula is C24H24FN7S. The SMILES string of the molecule is Cc1c(-c2cc(Sc3ccc(F)cn3)c3c(C#N)cnn3c2)cnn1[C@H]1CC[C@@](C)(N)CC1. The summed E-state index contributed by atoms with van der Waals surface area (Å²) >= 11 is 1.38. The fraction of sp³-hybridized carbons (Fsp3) is 0.333. The van der Waals surface area contributed by atoms with Gasteiger partial charge in [0, 0.05) is 33.5 Å². The third-order valence-electron chi connectivity index (χ3n) is 6.41. The number of pyridine rings is 2. The van der Waals surface area contributed by atoms with Gasteiger partial charge in [-0.05, 0) is 57.7 Å². The number of rotatable bonds is 4. The van der Waals surface area contributed by atoms with Crippen LogP contribution in [0.25, 0.3) is 16.6 Å². The zero-order valence-electron chi connectivity index (χ0n) is 18.5. The largest absolute Gasteiger partial charge is 0.325 e. The number of nitrogens with zero attached hydrogens (tertiary/aromatic N) is 6. The summed E-state index contributed by atoms with van der Waals surface area (Å²) in [6.45, 7) is 4.20. The maximum absolute atomic E-state index is 13.3. The maximum atomic E-state index is 13.3. The van der Waals surface area contributed by atoms with Gasteiger partial charge in [-0.25, -0.2) is 13.9 Å². The van der Waals surface area contributed by atoms with Gasteiger partial charge >= 0.3 is 0 Å². The highest BCUT2D eigenvalue weighted by Gasteiger charge is 2.29. The molecular weight excluding hydrogens is 437 g/mol. The number of nitrogens with two attached hydrogens (primary N) is 1. The first kappa shape index (κ1) is 21.6. The van der Waals surface area contributed by atoms with E-state index in [0.717, 1.165) is 47.4 Å². The normalized spacial score (nSPS) is 20.8. The Balaban J connectivity index is 1.55. The molecule has 0 aromatic carbocycles. The lowest BCUT2D eigenvalue weighted by atomic mass is 9.81. The standard InChI is InChI=1S/C24H24FN7S/c1-15-20(13-30-32(15)19-5-7-24(2,27)8-6-19)16-9-21(33-22-4-3-18(25)12-28-22)23-17(10-26)11-29-31(23)14-16/h3-4,9,11-14,19H,5-8,27H2,1-2H3/t19-,24+. The van der Waals surface area contributed by atoms with E-state index in [-0.39, 0.29) is 11.4 Å². The quantitative estimate of drug-likeness (QED) is 0.464. The zero-order chi connectivity index (χ0) is 23.2. The smallest absolute Gasteiger partial charge is 0.141 e. The van der Waals surface area contributed by atoms with Gasteiger partial charge in [-0.15, -0.1) is 0 Å². The van der Waals surface area contributed by atoms with Crippen molar-refractivity contribution in [1.82, 2.24) is 24.4 Å².